The van der Waals surface area contributed by atoms with Crippen molar-refractivity contribution in [2.45, 2.75) is 31.7 Å². The van der Waals surface area contributed by atoms with Gasteiger partial charge >= 0.3 is 0 Å². The van der Waals surface area contributed by atoms with Gasteiger partial charge in [0.05, 0.1) is 0 Å². The fourth-order valence-corrected chi connectivity index (χ4v) is 3.74. The molecule has 2 aliphatic rings. The first-order valence-corrected chi connectivity index (χ1v) is 7.81. The van der Waals surface area contributed by atoms with E-state index in [-0.39, 0.29) is 6.04 Å². The Labute approximate surface area is 104 Å². The van der Waals surface area contributed by atoms with Gasteiger partial charge in [0.1, 0.15) is 0 Å². The monoisotopic (exact) mass is 261 g/mol. The van der Waals surface area contributed by atoms with Gasteiger partial charge < -0.3 is 5.32 Å². The Hall–Kier alpha value is -0.170. The van der Waals surface area contributed by atoms with Crippen LogP contribution in [0.3, 0.4) is 0 Å². The highest BCUT2D eigenvalue weighted by molar-refractivity contribution is 7.86. The normalized spacial score (nSPS) is 26.7. The van der Waals surface area contributed by atoms with Crippen molar-refractivity contribution < 1.29 is 8.42 Å². The molecule has 1 unspecified atom stereocenters. The average molecular weight is 261 g/mol. The molecule has 17 heavy (non-hydrogen) atoms. The summed E-state index contributed by atoms with van der Waals surface area (Å²) in [6, 6.07) is 0.254. The fourth-order valence-electron chi connectivity index (χ4n) is 2.34. The Morgan fingerprint density at radius 3 is 2.41 bits per heavy atom. The summed E-state index contributed by atoms with van der Waals surface area (Å²) in [7, 11) is -0.00640. The molecular formula is C11H23N3O2S. The highest BCUT2D eigenvalue weighted by Crippen LogP contribution is 2.31. The molecule has 0 aromatic rings. The van der Waals surface area contributed by atoms with Crippen molar-refractivity contribution >= 4 is 10.2 Å². The highest BCUT2D eigenvalue weighted by atomic mass is 32.2. The van der Waals surface area contributed by atoms with Gasteiger partial charge in [-0.15, -0.1) is 0 Å². The molecule has 1 aliphatic heterocycles. The topological polar surface area (TPSA) is 52.7 Å². The van der Waals surface area contributed by atoms with Crippen LogP contribution in [-0.4, -0.2) is 56.8 Å². The molecule has 0 amide bonds. The average Bonchev–Trinajstić information content (AvgIpc) is 3.10. The first-order valence-electron chi connectivity index (χ1n) is 6.42. The van der Waals surface area contributed by atoms with E-state index in [0.29, 0.717) is 12.5 Å². The maximum absolute atomic E-state index is 12.2. The van der Waals surface area contributed by atoms with Crippen LogP contribution in [0.5, 0.6) is 0 Å². The van der Waals surface area contributed by atoms with E-state index in [2.05, 4.69) is 5.32 Å². The number of hydrogen-bond donors (Lipinski definition) is 1. The summed E-state index contributed by atoms with van der Waals surface area (Å²) >= 11 is 0. The fraction of sp³-hybridized carbons (Fsp3) is 1.00. The Morgan fingerprint density at radius 2 is 1.94 bits per heavy atom. The Balaban J connectivity index is 2.02. The lowest BCUT2D eigenvalue weighted by atomic mass is 10.00. The molecule has 0 bridgehead atoms. The van der Waals surface area contributed by atoms with Crippen molar-refractivity contribution in [2.24, 2.45) is 5.92 Å². The van der Waals surface area contributed by atoms with E-state index in [9.17, 15) is 8.42 Å². The van der Waals surface area contributed by atoms with Crippen LogP contribution in [0.1, 0.15) is 25.7 Å². The van der Waals surface area contributed by atoms with E-state index < -0.39 is 10.2 Å². The van der Waals surface area contributed by atoms with Crippen LogP contribution < -0.4 is 5.32 Å². The largest absolute Gasteiger partial charge is 0.316 e. The van der Waals surface area contributed by atoms with E-state index in [1.54, 1.807) is 18.4 Å². The zero-order valence-electron chi connectivity index (χ0n) is 10.7. The van der Waals surface area contributed by atoms with Gasteiger partial charge in [-0.3, -0.25) is 0 Å². The van der Waals surface area contributed by atoms with Gasteiger partial charge in [0.2, 0.25) is 0 Å². The summed E-state index contributed by atoms with van der Waals surface area (Å²) in [5.41, 5.74) is 0. The van der Waals surface area contributed by atoms with Gasteiger partial charge in [-0.05, 0) is 44.7 Å². The standard InChI is InChI=1S/C11H23N3O2S/c1-13(2)17(15,16)14(11-5-6-11)9-10-4-3-7-12-8-10/h10-12H,3-9H2,1-2H3. The molecule has 6 heteroatoms. The van der Waals surface area contributed by atoms with Crippen LogP contribution in [0.15, 0.2) is 0 Å². The van der Waals surface area contributed by atoms with Gasteiger partial charge in [0.15, 0.2) is 0 Å². The first kappa shape index (κ1) is 13.3. The predicted molar refractivity (Wildman–Crippen MR) is 67.9 cm³/mol. The predicted octanol–water partition coefficient (Wildman–Crippen LogP) is 0.257. The number of rotatable bonds is 5. The molecule has 0 radical (unpaired) electrons. The summed E-state index contributed by atoms with van der Waals surface area (Å²) in [6.07, 6.45) is 4.34. The van der Waals surface area contributed by atoms with Gasteiger partial charge in [-0.2, -0.15) is 17.0 Å². The minimum atomic E-state index is -3.24. The molecule has 1 aliphatic carbocycles. The van der Waals surface area contributed by atoms with E-state index in [0.717, 1.165) is 38.8 Å². The summed E-state index contributed by atoms with van der Waals surface area (Å²) in [5, 5.41) is 3.35. The lowest BCUT2D eigenvalue weighted by Gasteiger charge is -2.31. The molecule has 1 saturated heterocycles. The minimum Gasteiger partial charge on any atom is -0.316 e. The van der Waals surface area contributed by atoms with Crippen LogP contribution in [-0.2, 0) is 10.2 Å². The molecule has 1 N–H and O–H groups in total. The molecule has 0 aromatic heterocycles. The molecule has 100 valence electrons. The van der Waals surface area contributed by atoms with E-state index >= 15 is 0 Å². The Bertz CT molecular complexity index is 346. The third kappa shape index (κ3) is 3.19. The number of piperidine rings is 1. The molecule has 1 heterocycles. The molecule has 1 saturated carbocycles. The number of nitrogens with zero attached hydrogens (tertiary/aromatic N) is 2. The minimum absolute atomic E-state index is 0.254. The highest BCUT2D eigenvalue weighted by Gasteiger charge is 2.39. The van der Waals surface area contributed by atoms with Crippen molar-refractivity contribution in [2.75, 3.05) is 33.7 Å². The maximum Gasteiger partial charge on any atom is 0.281 e. The lowest BCUT2D eigenvalue weighted by Crippen LogP contribution is -2.46. The lowest BCUT2D eigenvalue weighted by molar-refractivity contribution is 0.276. The van der Waals surface area contributed by atoms with Crippen molar-refractivity contribution in [1.82, 2.24) is 13.9 Å². The van der Waals surface area contributed by atoms with Crippen molar-refractivity contribution in [3.63, 3.8) is 0 Å². The van der Waals surface area contributed by atoms with Gasteiger partial charge in [-0.1, -0.05) is 0 Å². The van der Waals surface area contributed by atoms with Crippen LogP contribution >= 0.6 is 0 Å². The molecular weight excluding hydrogens is 238 g/mol. The molecule has 1 atom stereocenters. The molecule has 2 rings (SSSR count). The third-order valence-corrected chi connectivity index (χ3v) is 5.51. The van der Waals surface area contributed by atoms with Crippen LogP contribution in [0.2, 0.25) is 0 Å². The number of nitrogens with one attached hydrogen (secondary N) is 1. The Morgan fingerprint density at radius 1 is 1.24 bits per heavy atom. The molecule has 0 aromatic carbocycles. The first-order chi connectivity index (χ1) is 8.01. The molecule has 5 nitrogen and oxygen atoms in total. The SMILES string of the molecule is CN(C)S(=O)(=O)N(CC1CCCNC1)C1CC1. The van der Waals surface area contributed by atoms with Gasteiger partial charge in [0.25, 0.3) is 10.2 Å². The smallest absolute Gasteiger partial charge is 0.281 e. The second-order valence-corrected chi connectivity index (χ2v) is 7.40. The van der Waals surface area contributed by atoms with Crippen LogP contribution in [0.4, 0.5) is 0 Å². The maximum atomic E-state index is 12.2. The van der Waals surface area contributed by atoms with E-state index in [1.165, 1.54) is 4.31 Å². The van der Waals surface area contributed by atoms with Crippen molar-refractivity contribution in [3.05, 3.63) is 0 Å². The van der Waals surface area contributed by atoms with Gasteiger partial charge in [0, 0.05) is 26.7 Å². The van der Waals surface area contributed by atoms with Crippen LogP contribution in [0, 0.1) is 5.92 Å². The summed E-state index contributed by atoms with van der Waals surface area (Å²) in [4.78, 5) is 0. The summed E-state index contributed by atoms with van der Waals surface area (Å²) < 4.78 is 27.5. The van der Waals surface area contributed by atoms with Crippen molar-refractivity contribution in [1.29, 1.82) is 0 Å². The van der Waals surface area contributed by atoms with Gasteiger partial charge in [-0.25, -0.2) is 0 Å². The Kier molecular flexibility index (Phi) is 4.07. The number of hydrogen-bond acceptors (Lipinski definition) is 3. The van der Waals surface area contributed by atoms with Crippen LogP contribution in [0.25, 0.3) is 0 Å². The molecule has 2 fully saturated rings. The zero-order chi connectivity index (χ0) is 12.5. The summed E-state index contributed by atoms with van der Waals surface area (Å²) in [6.45, 7) is 2.70. The quantitative estimate of drug-likeness (QED) is 0.772. The second kappa shape index (κ2) is 5.22. The van der Waals surface area contributed by atoms with E-state index in [1.807, 2.05) is 0 Å². The molecule has 0 spiro atoms. The second-order valence-electron chi connectivity index (χ2n) is 5.30. The summed E-state index contributed by atoms with van der Waals surface area (Å²) in [5.74, 6) is 0.471. The zero-order valence-corrected chi connectivity index (χ0v) is 11.5. The van der Waals surface area contributed by atoms with Crippen molar-refractivity contribution in [3.8, 4) is 0 Å². The van der Waals surface area contributed by atoms with E-state index in [4.69, 9.17) is 0 Å². The third-order valence-electron chi connectivity index (χ3n) is 3.55.